The summed E-state index contributed by atoms with van der Waals surface area (Å²) in [5, 5.41) is 3.40. The first-order valence-electron chi connectivity index (χ1n) is 5.94. The Kier molecular flexibility index (Phi) is 3.71. The number of aromatic nitrogens is 2. The lowest BCUT2D eigenvalue weighted by Crippen LogP contribution is -2.29. The van der Waals surface area contributed by atoms with Crippen LogP contribution in [0.1, 0.15) is 29.8 Å². The van der Waals surface area contributed by atoms with E-state index in [-0.39, 0.29) is 0 Å². The maximum atomic E-state index is 5.07. The Bertz CT molecular complexity index is 393. The third-order valence-corrected chi connectivity index (χ3v) is 3.60. The van der Waals surface area contributed by atoms with E-state index in [0.29, 0.717) is 4.77 Å². The Morgan fingerprint density at radius 1 is 1.31 bits per heavy atom. The minimum atomic E-state index is 0.601. The second-order valence-electron chi connectivity index (χ2n) is 4.63. The summed E-state index contributed by atoms with van der Waals surface area (Å²) in [6, 6.07) is 0. The number of aromatic amines is 1. The first kappa shape index (κ1) is 11.7. The van der Waals surface area contributed by atoms with Gasteiger partial charge in [0.05, 0.1) is 0 Å². The van der Waals surface area contributed by atoms with E-state index in [1.165, 1.54) is 24.1 Å². The molecule has 1 aromatic heterocycles. The molecule has 1 saturated heterocycles. The molecule has 0 bridgehead atoms. The number of H-pyrrole nitrogens is 1. The van der Waals surface area contributed by atoms with E-state index in [4.69, 9.17) is 12.2 Å². The van der Waals surface area contributed by atoms with Crippen molar-refractivity contribution in [2.45, 2.75) is 33.1 Å². The summed E-state index contributed by atoms with van der Waals surface area (Å²) >= 11 is 5.07. The summed E-state index contributed by atoms with van der Waals surface area (Å²) in [4.78, 5) is 7.50. The number of rotatable bonds is 2. The summed E-state index contributed by atoms with van der Waals surface area (Å²) in [7, 11) is 0. The molecule has 1 aromatic rings. The Morgan fingerprint density at radius 2 is 2.00 bits per heavy atom. The molecule has 2 rings (SSSR count). The summed E-state index contributed by atoms with van der Waals surface area (Å²) < 4.78 is 0.601. The lowest BCUT2D eigenvalue weighted by atomic mass is 9.90. The highest BCUT2D eigenvalue weighted by Gasteiger charge is 2.16. The topological polar surface area (TPSA) is 40.7 Å². The molecule has 3 nitrogen and oxygen atoms in total. The Hall–Kier alpha value is -0.740. The zero-order valence-corrected chi connectivity index (χ0v) is 10.8. The molecule has 1 aliphatic rings. The molecule has 1 aliphatic heterocycles. The lowest BCUT2D eigenvalue weighted by Gasteiger charge is -2.23. The SMILES string of the molecule is Cc1nc(=S)[nH]c(C)c1CC1CCNCC1. The molecule has 2 N–H and O–H groups in total. The van der Waals surface area contributed by atoms with Crippen molar-refractivity contribution in [1.29, 1.82) is 0 Å². The van der Waals surface area contributed by atoms with Crippen LogP contribution in [0.5, 0.6) is 0 Å². The van der Waals surface area contributed by atoms with E-state index in [2.05, 4.69) is 29.1 Å². The van der Waals surface area contributed by atoms with Gasteiger partial charge in [0.15, 0.2) is 4.77 Å². The molecule has 0 spiro atoms. The van der Waals surface area contributed by atoms with Crippen LogP contribution >= 0.6 is 12.2 Å². The third kappa shape index (κ3) is 2.68. The van der Waals surface area contributed by atoms with Crippen molar-refractivity contribution in [3.63, 3.8) is 0 Å². The van der Waals surface area contributed by atoms with Crippen molar-refractivity contribution in [2.24, 2.45) is 5.92 Å². The number of piperidine rings is 1. The van der Waals surface area contributed by atoms with E-state index in [9.17, 15) is 0 Å². The summed E-state index contributed by atoms with van der Waals surface area (Å²) in [6.07, 6.45) is 3.68. The molecular formula is C12H19N3S. The molecule has 0 aliphatic carbocycles. The fraction of sp³-hybridized carbons (Fsp3) is 0.667. The Labute approximate surface area is 102 Å². The predicted molar refractivity (Wildman–Crippen MR) is 68.2 cm³/mol. The van der Waals surface area contributed by atoms with Crippen molar-refractivity contribution in [2.75, 3.05) is 13.1 Å². The van der Waals surface area contributed by atoms with Gasteiger partial charge in [-0.2, -0.15) is 0 Å². The van der Waals surface area contributed by atoms with E-state index in [1.54, 1.807) is 0 Å². The minimum absolute atomic E-state index is 0.601. The van der Waals surface area contributed by atoms with Gasteiger partial charge in [-0.05, 0) is 69.9 Å². The molecule has 0 amide bonds. The molecule has 0 saturated carbocycles. The van der Waals surface area contributed by atoms with E-state index < -0.39 is 0 Å². The standard InChI is InChI=1S/C12H19N3S/c1-8-11(9(2)15-12(16)14-8)7-10-3-5-13-6-4-10/h10,13H,3-7H2,1-2H3,(H,14,15,16). The third-order valence-electron chi connectivity index (χ3n) is 3.40. The number of hydrogen-bond donors (Lipinski definition) is 2. The molecule has 1 fully saturated rings. The Balaban J connectivity index is 2.17. The van der Waals surface area contributed by atoms with Gasteiger partial charge in [0.1, 0.15) is 0 Å². The smallest absolute Gasteiger partial charge is 0.197 e. The zero-order valence-electron chi connectivity index (χ0n) is 9.97. The van der Waals surface area contributed by atoms with Crippen molar-refractivity contribution in [3.05, 3.63) is 21.7 Å². The highest BCUT2D eigenvalue weighted by molar-refractivity contribution is 7.71. The van der Waals surface area contributed by atoms with Gasteiger partial charge in [0, 0.05) is 11.4 Å². The molecule has 0 radical (unpaired) electrons. The average Bonchev–Trinajstić information content (AvgIpc) is 2.25. The second kappa shape index (κ2) is 5.06. The quantitative estimate of drug-likeness (QED) is 0.775. The maximum Gasteiger partial charge on any atom is 0.197 e. The van der Waals surface area contributed by atoms with Crippen LogP contribution in [0.25, 0.3) is 0 Å². The van der Waals surface area contributed by atoms with Gasteiger partial charge in [-0.1, -0.05) is 0 Å². The van der Waals surface area contributed by atoms with Gasteiger partial charge in [0.25, 0.3) is 0 Å². The first-order chi connectivity index (χ1) is 7.66. The van der Waals surface area contributed by atoms with Crippen LogP contribution in [0.4, 0.5) is 0 Å². The largest absolute Gasteiger partial charge is 0.335 e. The molecule has 0 aromatic carbocycles. The molecule has 88 valence electrons. The molecule has 2 heterocycles. The molecular weight excluding hydrogens is 218 g/mol. The average molecular weight is 237 g/mol. The van der Waals surface area contributed by atoms with Crippen LogP contribution in [0, 0.1) is 24.5 Å². The van der Waals surface area contributed by atoms with E-state index in [0.717, 1.165) is 31.1 Å². The highest BCUT2D eigenvalue weighted by atomic mass is 32.1. The van der Waals surface area contributed by atoms with Gasteiger partial charge >= 0.3 is 0 Å². The van der Waals surface area contributed by atoms with Crippen LogP contribution < -0.4 is 5.32 Å². The molecule has 0 atom stereocenters. The monoisotopic (exact) mass is 237 g/mol. The van der Waals surface area contributed by atoms with Gasteiger partial charge in [-0.25, -0.2) is 4.98 Å². The van der Waals surface area contributed by atoms with Crippen molar-refractivity contribution in [1.82, 2.24) is 15.3 Å². The second-order valence-corrected chi connectivity index (χ2v) is 5.02. The zero-order chi connectivity index (χ0) is 11.5. The summed E-state index contributed by atoms with van der Waals surface area (Å²) in [5.74, 6) is 0.796. The Morgan fingerprint density at radius 3 is 2.62 bits per heavy atom. The maximum absolute atomic E-state index is 5.07. The van der Waals surface area contributed by atoms with E-state index >= 15 is 0 Å². The van der Waals surface area contributed by atoms with Gasteiger partial charge in [0.2, 0.25) is 0 Å². The molecule has 0 unspecified atom stereocenters. The van der Waals surface area contributed by atoms with E-state index in [1.807, 2.05) is 0 Å². The fourth-order valence-electron chi connectivity index (χ4n) is 2.43. The molecule has 16 heavy (non-hydrogen) atoms. The molecule has 4 heteroatoms. The van der Waals surface area contributed by atoms with Crippen molar-refractivity contribution in [3.8, 4) is 0 Å². The van der Waals surface area contributed by atoms with Crippen LogP contribution in [-0.4, -0.2) is 23.1 Å². The fourth-order valence-corrected chi connectivity index (χ4v) is 2.72. The van der Waals surface area contributed by atoms with Gasteiger partial charge < -0.3 is 10.3 Å². The van der Waals surface area contributed by atoms with Crippen LogP contribution in [0.3, 0.4) is 0 Å². The predicted octanol–water partition coefficient (Wildman–Crippen LogP) is 2.30. The van der Waals surface area contributed by atoms with Gasteiger partial charge in [-0.3, -0.25) is 0 Å². The van der Waals surface area contributed by atoms with Crippen LogP contribution in [-0.2, 0) is 6.42 Å². The first-order valence-corrected chi connectivity index (χ1v) is 6.34. The summed E-state index contributed by atoms with van der Waals surface area (Å²) in [5.41, 5.74) is 3.65. The van der Waals surface area contributed by atoms with Gasteiger partial charge in [-0.15, -0.1) is 0 Å². The number of hydrogen-bond acceptors (Lipinski definition) is 3. The lowest BCUT2D eigenvalue weighted by molar-refractivity contribution is 0.371. The number of nitrogens with zero attached hydrogens (tertiary/aromatic N) is 1. The number of nitrogens with one attached hydrogen (secondary N) is 2. The van der Waals surface area contributed by atoms with Crippen molar-refractivity contribution < 1.29 is 0 Å². The highest BCUT2D eigenvalue weighted by Crippen LogP contribution is 2.20. The van der Waals surface area contributed by atoms with Crippen molar-refractivity contribution >= 4 is 12.2 Å². The summed E-state index contributed by atoms with van der Waals surface area (Å²) in [6.45, 7) is 6.46. The number of aryl methyl sites for hydroxylation is 2. The van der Waals surface area contributed by atoms with Crippen LogP contribution in [0.2, 0.25) is 0 Å². The minimum Gasteiger partial charge on any atom is -0.335 e. The normalized spacial score (nSPS) is 17.6. The van der Waals surface area contributed by atoms with Crippen LogP contribution in [0.15, 0.2) is 0 Å².